The number of hydrogen-bond acceptors (Lipinski definition) is 5. The topological polar surface area (TPSA) is 41.9 Å². The summed E-state index contributed by atoms with van der Waals surface area (Å²) in [6.07, 6.45) is 1.96. The van der Waals surface area contributed by atoms with Crippen LogP contribution in [0.3, 0.4) is 0 Å². The molecule has 1 heterocycles. The van der Waals surface area contributed by atoms with Gasteiger partial charge in [0.2, 0.25) is 0 Å². The van der Waals surface area contributed by atoms with Crippen LogP contribution in [0.25, 0.3) is 11.1 Å². The molecule has 0 radical (unpaired) electrons. The van der Waals surface area contributed by atoms with Crippen molar-refractivity contribution in [3.8, 4) is 28.4 Å². The molecule has 0 saturated carbocycles. The van der Waals surface area contributed by atoms with Crippen LogP contribution in [0, 0.1) is 0 Å². The van der Waals surface area contributed by atoms with E-state index in [0.717, 1.165) is 52.7 Å². The highest BCUT2D eigenvalue weighted by molar-refractivity contribution is 7.99. The molecule has 1 unspecified atom stereocenters. The van der Waals surface area contributed by atoms with Gasteiger partial charge in [-0.25, -0.2) is 0 Å². The van der Waals surface area contributed by atoms with E-state index in [1.807, 2.05) is 6.07 Å². The fraction of sp³-hybridized carbons (Fsp3) is 0.429. The molecule has 2 aliphatic rings. The second-order valence-corrected chi connectivity index (χ2v) is 8.23. The summed E-state index contributed by atoms with van der Waals surface area (Å²) < 4.78 is 11.4. The maximum absolute atomic E-state index is 10.6. The Balaban J connectivity index is 2.03. The standard InChI is InChI=1S/C21H25NO3S/c1-5-26-18-10-13-8-15-19-12(6-7-22(15)2)9-17(24-3)21(25-4)20(19)14(13)11-16(18)23/h9-11,15,23H,5-8H2,1-4H3. The number of aromatic hydroxyl groups is 1. The monoisotopic (exact) mass is 371 g/mol. The van der Waals surface area contributed by atoms with Gasteiger partial charge in [0.15, 0.2) is 11.5 Å². The second-order valence-electron chi connectivity index (χ2n) is 6.92. The van der Waals surface area contributed by atoms with Crippen LogP contribution in [0.5, 0.6) is 17.2 Å². The number of thioether (sulfide) groups is 1. The number of benzene rings is 2. The zero-order valence-corrected chi connectivity index (χ0v) is 16.6. The summed E-state index contributed by atoms with van der Waals surface area (Å²) in [5, 5.41) is 10.6. The van der Waals surface area contributed by atoms with E-state index in [1.165, 1.54) is 16.7 Å². The van der Waals surface area contributed by atoms with E-state index in [4.69, 9.17) is 9.47 Å². The van der Waals surface area contributed by atoms with Crippen LogP contribution in [0.4, 0.5) is 0 Å². The lowest BCUT2D eigenvalue weighted by atomic mass is 9.76. The summed E-state index contributed by atoms with van der Waals surface area (Å²) in [5.74, 6) is 2.82. The van der Waals surface area contributed by atoms with Gasteiger partial charge >= 0.3 is 0 Å². The van der Waals surface area contributed by atoms with Crippen LogP contribution >= 0.6 is 11.8 Å². The average Bonchev–Trinajstić information content (AvgIpc) is 2.65. The molecule has 1 atom stereocenters. The zero-order chi connectivity index (χ0) is 18.4. The Hall–Kier alpha value is -1.85. The maximum Gasteiger partial charge on any atom is 0.168 e. The lowest BCUT2D eigenvalue weighted by molar-refractivity contribution is 0.226. The molecule has 2 aromatic carbocycles. The first-order valence-electron chi connectivity index (χ1n) is 9.06. The number of fused-ring (bicyclic) bond motifs is 2. The van der Waals surface area contributed by atoms with Crippen molar-refractivity contribution in [1.29, 1.82) is 0 Å². The van der Waals surface area contributed by atoms with Gasteiger partial charge in [-0.1, -0.05) is 6.92 Å². The Kier molecular flexibility index (Phi) is 4.53. The first-order valence-corrected chi connectivity index (χ1v) is 10.0. The highest BCUT2D eigenvalue weighted by Gasteiger charge is 2.36. The lowest BCUT2D eigenvalue weighted by Gasteiger charge is -2.40. The summed E-state index contributed by atoms with van der Waals surface area (Å²) in [5.41, 5.74) is 6.09. The molecular formula is C21H25NO3S. The molecule has 1 aliphatic heterocycles. The van der Waals surface area contributed by atoms with E-state index in [0.29, 0.717) is 11.8 Å². The number of phenols is 1. The van der Waals surface area contributed by atoms with Crippen molar-refractivity contribution in [2.24, 2.45) is 0 Å². The number of rotatable bonds is 4. The molecule has 2 aromatic rings. The van der Waals surface area contributed by atoms with Crippen LogP contribution in [0.15, 0.2) is 23.1 Å². The van der Waals surface area contributed by atoms with Crippen molar-refractivity contribution >= 4 is 11.8 Å². The molecule has 138 valence electrons. The number of hydrogen-bond donors (Lipinski definition) is 1. The van der Waals surface area contributed by atoms with Gasteiger partial charge in [0.1, 0.15) is 5.75 Å². The Morgan fingerprint density at radius 3 is 2.69 bits per heavy atom. The minimum Gasteiger partial charge on any atom is -0.507 e. The SMILES string of the molecule is CCSc1cc2c(cc1O)-c1c(OC)c(OC)cc3c1C(C2)N(C)CC3. The summed E-state index contributed by atoms with van der Waals surface area (Å²) in [4.78, 5) is 3.38. The van der Waals surface area contributed by atoms with Crippen molar-refractivity contribution in [2.75, 3.05) is 33.6 Å². The van der Waals surface area contributed by atoms with E-state index in [2.05, 4.69) is 31.0 Å². The predicted octanol–water partition coefficient (Wildman–Crippen LogP) is 4.27. The van der Waals surface area contributed by atoms with Gasteiger partial charge in [-0.05, 0) is 66.1 Å². The molecule has 0 bridgehead atoms. The third kappa shape index (κ3) is 2.57. The molecule has 26 heavy (non-hydrogen) atoms. The minimum atomic E-state index is 0.338. The third-order valence-electron chi connectivity index (χ3n) is 5.56. The summed E-state index contributed by atoms with van der Waals surface area (Å²) in [7, 11) is 5.57. The van der Waals surface area contributed by atoms with Gasteiger partial charge in [0.25, 0.3) is 0 Å². The fourth-order valence-electron chi connectivity index (χ4n) is 4.34. The first-order chi connectivity index (χ1) is 12.6. The molecule has 1 N–H and O–H groups in total. The van der Waals surface area contributed by atoms with Crippen molar-refractivity contribution in [3.05, 3.63) is 34.9 Å². The zero-order valence-electron chi connectivity index (χ0n) is 15.8. The van der Waals surface area contributed by atoms with E-state index in [9.17, 15) is 5.11 Å². The molecule has 4 nitrogen and oxygen atoms in total. The fourth-order valence-corrected chi connectivity index (χ4v) is 5.08. The van der Waals surface area contributed by atoms with Crippen molar-refractivity contribution in [3.63, 3.8) is 0 Å². The van der Waals surface area contributed by atoms with E-state index in [-0.39, 0.29) is 0 Å². The molecule has 5 heteroatoms. The highest BCUT2D eigenvalue weighted by Crippen LogP contribution is 2.53. The highest BCUT2D eigenvalue weighted by atomic mass is 32.2. The molecule has 0 aromatic heterocycles. The van der Waals surface area contributed by atoms with Gasteiger partial charge in [-0.3, -0.25) is 4.90 Å². The van der Waals surface area contributed by atoms with E-state index < -0.39 is 0 Å². The number of nitrogens with zero attached hydrogens (tertiary/aromatic N) is 1. The normalized spacial score (nSPS) is 18.2. The minimum absolute atomic E-state index is 0.338. The smallest absolute Gasteiger partial charge is 0.168 e. The Labute approximate surface area is 159 Å². The van der Waals surface area contributed by atoms with Crippen LogP contribution in [0.1, 0.15) is 29.7 Å². The summed E-state index contributed by atoms with van der Waals surface area (Å²) >= 11 is 1.68. The van der Waals surface area contributed by atoms with Gasteiger partial charge < -0.3 is 14.6 Å². The number of phenolic OH excluding ortho intramolecular Hbond substituents is 1. The molecule has 0 fully saturated rings. The molecule has 0 amide bonds. The second kappa shape index (κ2) is 6.71. The van der Waals surface area contributed by atoms with Gasteiger partial charge in [0, 0.05) is 23.0 Å². The Morgan fingerprint density at radius 2 is 2.00 bits per heavy atom. The van der Waals surface area contributed by atoms with Gasteiger partial charge in [0.05, 0.1) is 14.2 Å². The van der Waals surface area contributed by atoms with Gasteiger partial charge in [-0.15, -0.1) is 11.8 Å². The molecule has 0 saturated heterocycles. The van der Waals surface area contributed by atoms with E-state index >= 15 is 0 Å². The molecule has 0 spiro atoms. The first kappa shape index (κ1) is 17.6. The molecular weight excluding hydrogens is 346 g/mol. The maximum atomic E-state index is 10.6. The Morgan fingerprint density at radius 1 is 1.19 bits per heavy atom. The van der Waals surface area contributed by atoms with Crippen LogP contribution < -0.4 is 9.47 Å². The lowest BCUT2D eigenvalue weighted by Crippen LogP contribution is -2.35. The quantitative estimate of drug-likeness (QED) is 0.813. The number of likely N-dealkylation sites (N-methyl/N-ethyl adjacent to an activating group) is 1. The number of ether oxygens (including phenoxy) is 2. The predicted molar refractivity (Wildman–Crippen MR) is 106 cm³/mol. The van der Waals surface area contributed by atoms with Crippen molar-refractivity contribution < 1.29 is 14.6 Å². The summed E-state index contributed by atoms with van der Waals surface area (Å²) in [6, 6.07) is 6.53. The average molecular weight is 372 g/mol. The Bertz CT molecular complexity index is 865. The molecule has 4 rings (SSSR count). The van der Waals surface area contributed by atoms with Crippen LogP contribution in [-0.4, -0.2) is 43.6 Å². The summed E-state index contributed by atoms with van der Waals surface area (Å²) in [6.45, 7) is 3.14. The van der Waals surface area contributed by atoms with Crippen LogP contribution in [0.2, 0.25) is 0 Å². The molecule has 1 aliphatic carbocycles. The van der Waals surface area contributed by atoms with E-state index in [1.54, 1.807) is 26.0 Å². The third-order valence-corrected chi connectivity index (χ3v) is 6.49. The largest absolute Gasteiger partial charge is 0.507 e. The number of methoxy groups -OCH3 is 2. The van der Waals surface area contributed by atoms with Crippen molar-refractivity contribution in [2.45, 2.75) is 30.7 Å². The van der Waals surface area contributed by atoms with Crippen molar-refractivity contribution in [1.82, 2.24) is 4.90 Å². The van der Waals surface area contributed by atoms with Crippen LogP contribution in [-0.2, 0) is 12.8 Å². The van der Waals surface area contributed by atoms with Gasteiger partial charge in [-0.2, -0.15) is 0 Å².